The molecule has 6 nitrogen and oxygen atoms in total. The number of amides is 1. The SMILES string of the molecule is COc1cccc(OCC(=O)N2C[C@H](O)[C@@]3(C2)[C@H](CO)[C@H]3c2ccccc2)c1. The first-order valence-electron chi connectivity index (χ1n) is 9.48. The number of hydrogen-bond donors (Lipinski definition) is 2. The summed E-state index contributed by atoms with van der Waals surface area (Å²) in [7, 11) is 1.58. The Kier molecular flexibility index (Phi) is 5.00. The van der Waals surface area contributed by atoms with Crippen LogP contribution in [-0.4, -0.2) is 60.5 Å². The molecule has 6 heteroatoms. The molecule has 2 N–H and O–H groups in total. The van der Waals surface area contributed by atoms with E-state index in [2.05, 4.69) is 0 Å². The minimum atomic E-state index is -0.657. The number of nitrogens with zero attached hydrogens (tertiary/aromatic N) is 1. The van der Waals surface area contributed by atoms with Crippen molar-refractivity contribution in [1.82, 2.24) is 4.90 Å². The van der Waals surface area contributed by atoms with E-state index in [0.717, 1.165) is 5.56 Å². The summed E-state index contributed by atoms with van der Waals surface area (Å²) in [5.74, 6) is 1.07. The summed E-state index contributed by atoms with van der Waals surface area (Å²) in [6.45, 7) is 0.591. The highest BCUT2D eigenvalue weighted by Crippen LogP contribution is 2.68. The van der Waals surface area contributed by atoms with Crippen LogP contribution in [0, 0.1) is 11.3 Å². The monoisotopic (exact) mass is 383 g/mol. The van der Waals surface area contributed by atoms with Crippen LogP contribution < -0.4 is 9.47 Å². The van der Waals surface area contributed by atoms with Crippen molar-refractivity contribution < 1.29 is 24.5 Å². The number of carbonyl (C=O) groups is 1. The van der Waals surface area contributed by atoms with Crippen LogP contribution in [0.2, 0.25) is 0 Å². The Balaban J connectivity index is 1.43. The molecule has 1 saturated carbocycles. The van der Waals surface area contributed by atoms with Gasteiger partial charge in [0.25, 0.3) is 5.91 Å². The van der Waals surface area contributed by atoms with Crippen molar-refractivity contribution in [2.75, 3.05) is 33.4 Å². The van der Waals surface area contributed by atoms with Gasteiger partial charge >= 0.3 is 0 Å². The first-order chi connectivity index (χ1) is 13.6. The Hall–Kier alpha value is -2.57. The lowest BCUT2D eigenvalue weighted by Crippen LogP contribution is -2.34. The van der Waals surface area contributed by atoms with Crippen molar-refractivity contribution >= 4 is 5.91 Å². The molecule has 1 heterocycles. The topological polar surface area (TPSA) is 79.2 Å². The Bertz CT molecular complexity index is 842. The second-order valence-electron chi connectivity index (χ2n) is 7.55. The second-order valence-corrected chi connectivity index (χ2v) is 7.55. The zero-order valence-corrected chi connectivity index (χ0v) is 15.8. The van der Waals surface area contributed by atoms with E-state index in [0.29, 0.717) is 18.0 Å². The molecule has 0 bridgehead atoms. The first kappa shape index (κ1) is 18.8. The predicted molar refractivity (Wildman–Crippen MR) is 103 cm³/mol. The standard InChI is InChI=1S/C22H25NO5/c1-27-16-8-5-9-17(10-16)28-13-20(26)23-11-19(25)22(14-23)18(12-24)21(22)15-6-3-2-4-7-15/h2-10,18-19,21,24-25H,11-14H2,1H3/t18-,19+,21-,22-/m1/s1. The van der Waals surface area contributed by atoms with Crippen LogP contribution in [0.1, 0.15) is 11.5 Å². The van der Waals surface area contributed by atoms with Gasteiger partial charge in [0.15, 0.2) is 6.61 Å². The number of hydrogen-bond acceptors (Lipinski definition) is 5. The minimum Gasteiger partial charge on any atom is -0.497 e. The van der Waals surface area contributed by atoms with Crippen molar-refractivity contribution in [3.63, 3.8) is 0 Å². The number of β-amino-alcohol motifs (C(OH)–C–C–N with tert-alkyl or cyclic N) is 1. The van der Waals surface area contributed by atoms with E-state index < -0.39 is 11.5 Å². The fourth-order valence-corrected chi connectivity index (χ4v) is 4.69. The lowest BCUT2D eigenvalue weighted by Gasteiger charge is -2.17. The van der Waals surface area contributed by atoms with Crippen LogP contribution in [0.5, 0.6) is 11.5 Å². The van der Waals surface area contributed by atoms with Crippen LogP contribution in [-0.2, 0) is 4.79 Å². The van der Waals surface area contributed by atoms with Gasteiger partial charge in [-0.2, -0.15) is 0 Å². The summed E-state index contributed by atoms with van der Waals surface area (Å²) in [5.41, 5.74) is 0.629. The van der Waals surface area contributed by atoms with Crippen molar-refractivity contribution in [2.24, 2.45) is 11.3 Å². The van der Waals surface area contributed by atoms with Crippen LogP contribution >= 0.6 is 0 Å². The van der Waals surface area contributed by atoms with Crippen LogP contribution in [0.4, 0.5) is 0 Å². The van der Waals surface area contributed by atoms with Gasteiger partial charge in [-0.25, -0.2) is 0 Å². The Labute approximate surface area is 164 Å². The number of carbonyl (C=O) groups excluding carboxylic acids is 1. The minimum absolute atomic E-state index is 0.00103. The zero-order chi connectivity index (χ0) is 19.7. The molecule has 28 heavy (non-hydrogen) atoms. The molecule has 1 saturated heterocycles. The maximum atomic E-state index is 12.7. The van der Waals surface area contributed by atoms with Crippen molar-refractivity contribution in [1.29, 1.82) is 0 Å². The van der Waals surface area contributed by atoms with E-state index in [1.165, 1.54) is 0 Å². The van der Waals surface area contributed by atoms with Gasteiger partial charge in [0.1, 0.15) is 11.5 Å². The molecule has 1 aliphatic carbocycles. The van der Waals surface area contributed by atoms with Crippen molar-refractivity contribution in [3.8, 4) is 11.5 Å². The lowest BCUT2D eigenvalue weighted by atomic mass is 9.95. The van der Waals surface area contributed by atoms with E-state index in [4.69, 9.17) is 9.47 Å². The lowest BCUT2D eigenvalue weighted by molar-refractivity contribution is -0.132. The van der Waals surface area contributed by atoms with Gasteiger partial charge in [0.2, 0.25) is 0 Å². The predicted octanol–water partition coefficient (Wildman–Crippen LogP) is 1.67. The second kappa shape index (κ2) is 7.45. The van der Waals surface area contributed by atoms with E-state index in [-0.39, 0.29) is 37.5 Å². The summed E-state index contributed by atoms with van der Waals surface area (Å²) >= 11 is 0. The summed E-state index contributed by atoms with van der Waals surface area (Å²) in [4.78, 5) is 14.3. The third kappa shape index (κ3) is 3.12. The Morgan fingerprint density at radius 2 is 1.93 bits per heavy atom. The highest BCUT2D eigenvalue weighted by atomic mass is 16.5. The normalized spacial score (nSPS) is 28.4. The number of methoxy groups -OCH3 is 1. The third-order valence-corrected chi connectivity index (χ3v) is 6.15. The fourth-order valence-electron chi connectivity index (χ4n) is 4.69. The molecule has 4 atom stereocenters. The summed E-state index contributed by atoms with van der Waals surface area (Å²) in [5, 5.41) is 20.6. The highest BCUT2D eigenvalue weighted by molar-refractivity contribution is 5.78. The summed E-state index contributed by atoms with van der Waals surface area (Å²) in [6.07, 6.45) is -0.657. The molecular formula is C22H25NO5. The molecule has 1 spiro atoms. The van der Waals surface area contributed by atoms with Crippen LogP contribution in [0.15, 0.2) is 54.6 Å². The molecule has 2 aliphatic rings. The van der Waals surface area contributed by atoms with Gasteiger partial charge in [0, 0.05) is 31.2 Å². The average molecular weight is 383 g/mol. The molecule has 0 aromatic heterocycles. The molecule has 2 fully saturated rings. The van der Waals surface area contributed by atoms with E-state index in [9.17, 15) is 15.0 Å². The van der Waals surface area contributed by atoms with Gasteiger partial charge in [0.05, 0.1) is 13.2 Å². The number of ether oxygens (including phenoxy) is 2. The maximum absolute atomic E-state index is 12.7. The van der Waals surface area contributed by atoms with Crippen LogP contribution in [0.3, 0.4) is 0 Å². The zero-order valence-electron chi connectivity index (χ0n) is 15.8. The first-order valence-corrected chi connectivity index (χ1v) is 9.48. The van der Waals surface area contributed by atoms with Gasteiger partial charge < -0.3 is 24.6 Å². The van der Waals surface area contributed by atoms with Crippen LogP contribution in [0.25, 0.3) is 0 Å². The number of likely N-dealkylation sites (tertiary alicyclic amines) is 1. The number of aliphatic hydroxyl groups excluding tert-OH is 2. The molecular weight excluding hydrogens is 358 g/mol. The molecule has 148 valence electrons. The Morgan fingerprint density at radius 1 is 1.18 bits per heavy atom. The molecule has 2 aromatic rings. The third-order valence-electron chi connectivity index (χ3n) is 6.15. The number of rotatable bonds is 6. The van der Waals surface area contributed by atoms with Crippen molar-refractivity contribution in [2.45, 2.75) is 12.0 Å². The summed E-state index contributed by atoms with van der Waals surface area (Å²) in [6, 6.07) is 17.0. The fraction of sp³-hybridized carbons (Fsp3) is 0.409. The highest BCUT2D eigenvalue weighted by Gasteiger charge is 2.71. The maximum Gasteiger partial charge on any atom is 0.260 e. The Morgan fingerprint density at radius 3 is 2.64 bits per heavy atom. The van der Waals surface area contributed by atoms with Crippen molar-refractivity contribution in [3.05, 3.63) is 60.2 Å². The molecule has 0 unspecified atom stereocenters. The largest absolute Gasteiger partial charge is 0.497 e. The summed E-state index contributed by atoms with van der Waals surface area (Å²) < 4.78 is 10.8. The quantitative estimate of drug-likeness (QED) is 0.793. The van der Waals surface area contributed by atoms with Gasteiger partial charge in [-0.3, -0.25) is 4.79 Å². The molecule has 2 aromatic carbocycles. The average Bonchev–Trinajstić information content (AvgIpc) is 3.27. The van der Waals surface area contributed by atoms with Gasteiger partial charge in [-0.1, -0.05) is 36.4 Å². The number of benzene rings is 2. The molecule has 1 amide bonds. The van der Waals surface area contributed by atoms with E-state index in [1.807, 2.05) is 30.3 Å². The number of aliphatic hydroxyl groups is 2. The van der Waals surface area contributed by atoms with Gasteiger partial charge in [-0.05, 0) is 29.5 Å². The molecule has 1 aliphatic heterocycles. The molecule has 0 radical (unpaired) electrons. The van der Waals surface area contributed by atoms with E-state index in [1.54, 1.807) is 36.3 Å². The van der Waals surface area contributed by atoms with E-state index >= 15 is 0 Å². The molecule has 4 rings (SSSR count). The smallest absolute Gasteiger partial charge is 0.260 e. The van der Waals surface area contributed by atoms with Gasteiger partial charge in [-0.15, -0.1) is 0 Å².